The van der Waals surface area contributed by atoms with Crippen molar-refractivity contribution in [1.29, 1.82) is 0 Å². The highest BCUT2D eigenvalue weighted by Gasteiger charge is 2.26. The van der Waals surface area contributed by atoms with E-state index in [1.807, 2.05) is 11.7 Å². The Hall–Kier alpha value is -1.10. The molecule has 1 aromatic carbocycles. The van der Waals surface area contributed by atoms with Crippen molar-refractivity contribution in [3.8, 4) is 0 Å². The molecule has 2 aromatic rings. The predicted octanol–water partition coefficient (Wildman–Crippen LogP) is 2.40. The lowest BCUT2D eigenvalue weighted by Gasteiger charge is -2.37. The van der Waals surface area contributed by atoms with Crippen LogP contribution < -0.4 is 0 Å². The number of aromatic nitrogens is 2. The SMILES string of the molecule is CC1COC(CCl)CN1Cc1nn(C)c2ccccc12. The summed E-state index contributed by atoms with van der Waals surface area (Å²) >= 11 is 5.92. The molecule has 1 saturated heterocycles. The maximum atomic E-state index is 5.92. The van der Waals surface area contributed by atoms with Crippen LogP contribution in [0.1, 0.15) is 12.6 Å². The highest BCUT2D eigenvalue weighted by atomic mass is 35.5. The average molecular weight is 294 g/mol. The Kier molecular flexibility index (Phi) is 3.96. The van der Waals surface area contributed by atoms with Crippen molar-refractivity contribution >= 4 is 22.5 Å². The van der Waals surface area contributed by atoms with Gasteiger partial charge in [0, 0.05) is 37.4 Å². The molecule has 0 aliphatic carbocycles. The van der Waals surface area contributed by atoms with Gasteiger partial charge in [-0.1, -0.05) is 18.2 Å². The molecule has 5 heteroatoms. The summed E-state index contributed by atoms with van der Waals surface area (Å²) in [5, 5.41) is 5.90. The lowest BCUT2D eigenvalue weighted by molar-refractivity contribution is -0.0513. The molecule has 4 nitrogen and oxygen atoms in total. The Labute approximate surface area is 124 Å². The third kappa shape index (κ3) is 2.55. The molecule has 0 spiro atoms. The first-order valence-electron chi connectivity index (χ1n) is 7.01. The fourth-order valence-electron chi connectivity index (χ4n) is 2.79. The second kappa shape index (κ2) is 5.72. The van der Waals surface area contributed by atoms with Gasteiger partial charge in [0.2, 0.25) is 0 Å². The maximum Gasteiger partial charge on any atom is 0.0843 e. The van der Waals surface area contributed by atoms with E-state index in [1.54, 1.807) is 0 Å². The van der Waals surface area contributed by atoms with E-state index in [0.717, 1.165) is 25.4 Å². The topological polar surface area (TPSA) is 30.3 Å². The number of nitrogens with zero attached hydrogens (tertiary/aromatic N) is 3. The van der Waals surface area contributed by atoms with Gasteiger partial charge in [-0.15, -0.1) is 11.6 Å². The summed E-state index contributed by atoms with van der Waals surface area (Å²) in [7, 11) is 2.00. The summed E-state index contributed by atoms with van der Waals surface area (Å²) in [5.74, 6) is 0.548. The fraction of sp³-hybridized carbons (Fsp3) is 0.533. The molecule has 0 amide bonds. The lowest BCUT2D eigenvalue weighted by Crippen LogP contribution is -2.48. The van der Waals surface area contributed by atoms with E-state index in [4.69, 9.17) is 16.3 Å². The largest absolute Gasteiger partial charge is 0.374 e. The fourth-order valence-corrected chi connectivity index (χ4v) is 2.97. The zero-order chi connectivity index (χ0) is 14.1. The number of para-hydroxylation sites is 1. The maximum absolute atomic E-state index is 5.92. The van der Waals surface area contributed by atoms with E-state index < -0.39 is 0 Å². The first kappa shape index (κ1) is 13.9. The van der Waals surface area contributed by atoms with Crippen molar-refractivity contribution in [2.45, 2.75) is 25.6 Å². The van der Waals surface area contributed by atoms with Crippen molar-refractivity contribution in [3.05, 3.63) is 30.0 Å². The standard InChI is InChI=1S/C15H20ClN3O/c1-11-10-20-12(7-16)8-19(11)9-14-13-5-3-4-6-15(13)18(2)17-14/h3-6,11-12H,7-10H2,1-2H3. The van der Waals surface area contributed by atoms with Gasteiger partial charge in [0.1, 0.15) is 0 Å². The van der Waals surface area contributed by atoms with Gasteiger partial charge in [-0.05, 0) is 13.0 Å². The van der Waals surface area contributed by atoms with Crippen molar-refractivity contribution in [2.75, 3.05) is 19.0 Å². The zero-order valence-corrected chi connectivity index (χ0v) is 12.7. The minimum Gasteiger partial charge on any atom is -0.374 e. The molecule has 3 rings (SSSR count). The number of benzene rings is 1. The number of hydrogen-bond donors (Lipinski definition) is 0. The number of alkyl halides is 1. The molecule has 20 heavy (non-hydrogen) atoms. The number of aryl methyl sites for hydroxylation is 1. The van der Waals surface area contributed by atoms with Gasteiger partial charge in [-0.2, -0.15) is 5.10 Å². The molecular weight excluding hydrogens is 274 g/mol. The highest BCUT2D eigenvalue weighted by molar-refractivity contribution is 6.18. The molecule has 2 unspecified atom stereocenters. The molecule has 1 aliphatic rings. The van der Waals surface area contributed by atoms with Crippen molar-refractivity contribution in [3.63, 3.8) is 0 Å². The Bertz CT molecular complexity index is 598. The first-order valence-corrected chi connectivity index (χ1v) is 7.54. The van der Waals surface area contributed by atoms with Crippen LogP contribution in [0.5, 0.6) is 0 Å². The van der Waals surface area contributed by atoms with Gasteiger partial charge in [-0.3, -0.25) is 9.58 Å². The van der Waals surface area contributed by atoms with E-state index in [0.29, 0.717) is 11.9 Å². The smallest absolute Gasteiger partial charge is 0.0843 e. The summed E-state index contributed by atoms with van der Waals surface area (Å²) in [6, 6.07) is 8.76. The zero-order valence-electron chi connectivity index (χ0n) is 11.9. The number of rotatable bonds is 3. The van der Waals surface area contributed by atoms with E-state index in [9.17, 15) is 0 Å². The minimum absolute atomic E-state index is 0.128. The monoisotopic (exact) mass is 293 g/mol. The van der Waals surface area contributed by atoms with Crippen LogP contribution in [0.15, 0.2) is 24.3 Å². The van der Waals surface area contributed by atoms with Crippen molar-refractivity contribution < 1.29 is 4.74 Å². The second-order valence-corrected chi connectivity index (χ2v) is 5.78. The van der Waals surface area contributed by atoms with Gasteiger partial charge in [0.05, 0.1) is 23.9 Å². The summed E-state index contributed by atoms with van der Waals surface area (Å²) in [6.07, 6.45) is 0.128. The van der Waals surface area contributed by atoms with Gasteiger partial charge >= 0.3 is 0 Å². The van der Waals surface area contributed by atoms with E-state index in [-0.39, 0.29) is 6.10 Å². The van der Waals surface area contributed by atoms with E-state index >= 15 is 0 Å². The molecule has 0 radical (unpaired) electrons. The molecule has 0 saturated carbocycles. The number of morpholine rings is 1. The van der Waals surface area contributed by atoms with Crippen LogP contribution in [-0.2, 0) is 18.3 Å². The van der Waals surface area contributed by atoms with Gasteiger partial charge in [0.15, 0.2) is 0 Å². The summed E-state index contributed by atoms with van der Waals surface area (Å²) in [4.78, 5) is 2.41. The Balaban J connectivity index is 1.85. The van der Waals surface area contributed by atoms with E-state index in [2.05, 4.69) is 41.2 Å². The normalized spacial score (nSPS) is 24.4. The Morgan fingerprint density at radius 3 is 3.00 bits per heavy atom. The van der Waals surface area contributed by atoms with Crippen LogP contribution in [-0.4, -0.2) is 45.9 Å². The predicted molar refractivity (Wildman–Crippen MR) is 81.0 cm³/mol. The van der Waals surface area contributed by atoms with Crippen molar-refractivity contribution in [1.82, 2.24) is 14.7 Å². The van der Waals surface area contributed by atoms with Gasteiger partial charge < -0.3 is 4.74 Å². The highest BCUT2D eigenvalue weighted by Crippen LogP contribution is 2.21. The Morgan fingerprint density at radius 2 is 2.20 bits per heavy atom. The van der Waals surface area contributed by atoms with Crippen LogP contribution in [0.25, 0.3) is 10.9 Å². The average Bonchev–Trinajstić information content (AvgIpc) is 2.78. The number of fused-ring (bicyclic) bond motifs is 1. The van der Waals surface area contributed by atoms with E-state index in [1.165, 1.54) is 10.9 Å². The van der Waals surface area contributed by atoms with Crippen LogP contribution in [0.2, 0.25) is 0 Å². The Morgan fingerprint density at radius 1 is 1.40 bits per heavy atom. The first-order chi connectivity index (χ1) is 9.69. The summed E-state index contributed by atoms with van der Waals surface area (Å²) < 4.78 is 7.65. The van der Waals surface area contributed by atoms with Crippen molar-refractivity contribution in [2.24, 2.45) is 7.05 Å². The molecule has 0 N–H and O–H groups in total. The van der Waals surface area contributed by atoms with Crippen LogP contribution in [0.4, 0.5) is 0 Å². The molecule has 1 aromatic heterocycles. The van der Waals surface area contributed by atoms with Crippen LogP contribution in [0.3, 0.4) is 0 Å². The molecule has 0 bridgehead atoms. The summed E-state index contributed by atoms with van der Waals surface area (Å²) in [6.45, 7) is 4.65. The van der Waals surface area contributed by atoms with Crippen LogP contribution >= 0.6 is 11.6 Å². The van der Waals surface area contributed by atoms with Gasteiger partial charge in [-0.25, -0.2) is 0 Å². The molecule has 2 atom stereocenters. The molecule has 1 fully saturated rings. The lowest BCUT2D eigenvalue weighted by atomic mass is 10.1. The molecular formula is C15H20ClN3O. The molecule has 1 aliphatic heterocycles. The second-order valence-electron chi connectivity index (χ2n) is 5.48. The number of hydrogen-bond acceptors (Lipinski definition) is 3. The summed E-state index contributed by atoms with van der Waals surface area (Å²) in [5.41, 5.74) is 2.31. The third-order valence-electron chi connectivity index (χ3n) is 3.99. The minimum atomic E-state index is 0.128. The number of ether oxygens (including phenoxy) is 1. The quantitative estimate of drug-likeness (QED) is 0.814. The van der Waals surface area contributed by atoms with Gasteiger partial charge in [0.25, 0.3) is 0 Å². The molecule has 2 heterocycles. The number of halogens is 1. The molecule has 108 valence electrons. The van der Waals surface area contributed by atoms with Crippen LogP contribution in [0, 0.1) is 0 Å². The third-order valence-corrected chi connectivity index (χ3v) is 4.34.